The van der Waals surface area contributed by atoms with Crippen LogP contribution >= 0.6 is 0 Å². The Hall–Kier alpha value is -2.70. The molecule has 0 atom stereocenters. The molecule has 25 heavy (non-hydrogen) atoms. The molecule has 0 unspecified atom stereocenters. The molecule has 0 radical (unpaired) electrons. The van der Waals surface area contributed by atoms with Gasteiger partial charge < -0.3 is 14.0 Å². The van der Waals surface area contributed by atoms with Crippen molar-refractivity contribution < 1.29 is 22.6 Å². The smallest absolute Gasteiger partial charge is 0.416 e. The summed E-state index contributed by atoms with van der Waals surface area (Å²) >= 11 is 0. The molecule has 0 aliphatic carbocycles. The quantitative estimate of drug-likeness (QED) is 0.688. The minimum absolute atomic E-state index is 0.335. The molecule has 0 saturated heterocycles. The van der Waals surface area contributed by atoms with Gasteiger partial charge in [0, 0.05) is 6.54 Å². The third-order valence-electron chi connectivity index (χ3n) is 4.04. The summed E-state index contributed by atoms with van der Waals surface area (Å²) in [6.45, 7) is 0.595. The summed E-state index contributed by atoms with van der Waals surface area (Å²) < 4.78 is 50.6. The first-order chi connectivity index (χ1) is 11.9. The molecule has 1 heterocycles. The van der Waals surface area contributed by atoms with Crippen LogP contribution in [0.3, 0.4) is 0 Å². The number of imidazole rings is 1. The van der Waals surface area contributed by atoms with Gasteiger partial charge in [-0.15, -0.1) is 0 Å². The lowest BCUT2D eigenvalue weighted by Crippen LogP contribution is -2.05. The van der Waals surface area contributed by atoms with Gasteiger partial charge in [0.2, 0.25) is 0 Å². The Morgan fingerprint density at radius 1 is 1.00 bits per heavy atom. The minimum Gasteiger partial charge on any atom is -0.493 e. The number of fused-ring (bicyclic) bond motifs is 1. The van der Waals surface area contributed by atoms with Gasteiger partial charge in [-0.05, 0) is 42.3 Å². The molecule has 4 nitrogen and oxygen atoms in total. The number of hydrogen-bond donors (Lipinski definition) is 0. The number of ether oxygens (including phenoxy) is 2. The van der Waals surface area contributed by atoms with Gasteiger partial charge in [0.25, 0.3) is 0 Å². The predicted molar refractivity (Wildman–Crippen MR) is 88.0 cm³/mol. The van der Waals surface area contributed by atoms with Crippen molar-refractivity contribution in [1.82, 2.24) is 9.55 Å². The molecule has 7 heteroatoms. The molecule has 3 rings (SSSR count). The predicted octanol–water partition coefficient (Wildman–Crippen LogP) is 4.32. The van der Waals surface area contributed by atoms with Crippen LogP contribution in [0.2, 0.25) is 0 Å². The molecule has 0 fully saturated rings. The molecule has 1 aromatic heterocycles. The van der Waals surface area contributed by atoms with Gasteiger partial charge in [-0.2, -0.15) is 13.2 Å². The summed E-state index contributed by atoms with van der Waals surface area (Å²) in [4.78, 5) is 4.08. The SMILES string of the molecule is COc1ccc(CCn2cnc3cc(C(F)(F)F)ccc32)cc1OC. The monoisotopic (exact) mass is 350 g/mol. The second-order valence-electron chi connectivity index (χ2n) is 5.58. The normalized spacial score (nSPS) is 11.7. The Bertz CT molecular complexity index is 888. The Balaban J connectivity index is 1.80. The van der Waals surface area contributed by atoms with Crippen LogP contribution in [0.25, 0.3) is 11.0 Å². The van der Waals surface area contributed by atoms with Crippen molar-refractivity contribution >= 4 is 11.0 Å². The molecule has 0 N–H and O–H groups in total. The van der Waals surface area contributed by atoms with E-state index in [0.29, 0.717) is 35.5 Å². The lowest BCUT2D eigenvalue weighted by Gasteiger charge is -2.10. The van der Waals surface area contributed by atoms with Crippen LogP contribution in [-0.4, -0.2) is 23.8 Å². The van der Waals surface area contributed by atoms with Crippen molar-refractivity contribution in [3.05, 3.63) is 53.9 Å². The summed E-state index contributed by atoms with van der Waals surface area (Å²) in [5.41, 5.74) is 1.35. The summed E-state index contributed by atoms with van der Waals surface area (Å²) in [6.07, 6.45) is -2.12. The molecule has 0 spiro atoms. The fourth-order valence-corrected chi connectivity index (χ4v) is 2.70. The zero-order chi connectivity index (χ0) is 18.0. The largest absolute Gasteiger partial charge is 0.493 e. The molecule has 3 aromatic rings. The number of hydrogen-bond acceptors (Lipinski definition) is 3. The van der Waals surface area contributed by atoms with Crippen molar-refractivity contribution in [2.75, 3.05) is 14.2 Å². The van der Waals surface area contributed by atoms with Crippen molar-refractivity contribution in [3.8, 4) is 11.5 Å². The molecule has 0 amide bonds. The molecule has 0 saturated carbocycles. The average molecular weight is 350 g/mol. The van der Waals surface area contributed by atoms with E-state index in [9.17, 15) is 13.2 Å². The number of methoxy groups -OCH3 is 2. The lowest BCUT2D eigenvalue weighted by molar-refractivity contribution is -0.137. The maximum Gasteiger partial charge on any atom is 0.416 e. The fourth-order valence-electron chi connectivity index (χ4n) is 2.70. The number of halogens is 3. The Morgan fingerprint density at radius 3 is 2.44 bits per heavy atom. The number of benzene rings is 2. The molecule has 132 valence electrons. The van der Waals surface area contributed by atoms with Crippen LogP contribution in [0.5, 0.6) is 11.5 Å². The molecular formula is C18H17F3N2O2. The third-order valence-corrected chi connectivity index (χ3v) is 4.04. The highest BCUT2D eigenvalue weighted by Crippen LogP contribution is 2.31. The van der Waals surface area contributed by atoms with Gasteiger partial charge in [0.15, 0.2) is 11.5 Å². The summed E-state index contributed by atoms with van der Waals surface area (Å²) in [5, 5.41) is 0. The maximum atomic E-state index is 12.8. The first kappa shape index (κ1) is 17.1. The standard InChI is InChI=1S/C18H17F3N2O2/c1-24-16-6-3-12(9-17(16)25-2)7-8-23-11-22-14-10-13(18(19,20)21)4-5-15(14)23/h3-6,9-11H,7-8H2,1-2H3. The number of rotatable bonds is 5. The fraction of sp³-hybridized carbons (Fsp3) is 0.278. The number of nitrogens with zero attached hydrogens (tertiary/aromatic N) is 2. The molecular weight excluding hydrogens is 333 g/mol. The molecule has 0 bridgehead atoms. The van der Waals surface area contributed by atoms with E-state index in [1.807, 2.05) is 22.8 Å². The van der Waals surface area contributed by atoms with E-state index in [-0.39, 0.29) is 0 Å². The Kier molecular flexibility index (Phi) is 4.57. The van der Waals surface area contributed by atoms with E-state index in [2.05, 4.69) is 4.98 Å². The van der Waals surface area contributed by atoms with E-state index in [1.54, 1.807) is 20.5 Å². The van der Waals surface area contributed by atoms with Crippen LogP contribution < -0.4 is 9.47 Å². The molecule has 0 aliphatic heterocycles. The van der Waals surface area contributed by atoms with E-state index in [0.717, 1.165) is 17.7 Å². The molecule has 0 aliphatic rings. The zero-order valence-electron chi connectivity index (χ0n) is 13.8. The highest BCUT2D eigenvalue weighted by Gasteiger charge is 2.30. The number of aromatic nitrogens is 2. The van der Waals surface area contributed by atoms with Crippen LogP contribution in [0.1, 0.15) is 11.1 Å². The minimum atomic E-state index is -4.36. The van der Waals surface area contributed by atoms with E-state index in [1.165, 1.54) is 6.07 Å². The highest BCUT2D eigenvalue weighted by atomic mass is 19.4. The number of alkyl halides is 3. The number of aryl methyl sites for hydroxylation is 2. The van der Waals surface area contributed by atoms with Gasteiger partial charge >= 0.3 is 6.18 Å². The van der Waals surface area contributed by atoms with Crippen LogP contribution in [-0.2, 0) is 19.1 Å². The van der Waals surface area contributed by atoms with E-state index >= 15 is 0 Å². The van der Waals surface area contributed by atoms with Gasteiger partial charge in [0.1, 0.15) is 0 Å². The van der Waals surface area contributed by atoms with Gasteiger partial charge in [-0.25, -0.2) is 4.98 Å². The topological polar surface area (TPSA) is 36.3 Å². The summed E-state index contributed by atoms with van der Waals surface area (Å²) in [6, 6.07) is 9.26. The highest BCUT2D eigenvalue weighted by molar-refractivity contribution is 5.76. The van der Waals surface area contributed by atoms with Gasteiger partial charge in [-0.1, -0.05) is 6.07 Å². The Labute approximate surface area is 142 Å². The third kappa shape index (κ3) is 3.55. The summed E-state index contributed by atoms with van der Waals surface area (Å²) in [5.74, 6) is 1.30. The van der Waals surface area contributed by atoms with Crippen molar-refractivity contribution in [3.63, 3.8) is 0 Å². The first-order valence-corrected chi connectivity index (χ1v) is 7.65. The van der Waals surface area contributed by atoms with E-state index < -0.39 is 11.7 Å². The maximum absolute atomic E-state index is 12.8. The van der Waals surface area contributed by atoms with E-state index in [4.69, 9.17) is 9.47 Å². The van der Waals surface area contributed by atoms with Crippen LogP contribution in [0, 0.1) is 0 Å². The lowest BCUT2D eigenvalue weighted by atomic mass is 10.1. The van der Waals surface area contributed by atoms with Crippen molar-refractivity contribution in [1.29, 1.82) is 0 Å². The second kappa shape index (κ2) is 6.66. The van der Waals surface area contributed by atoms with Gasteiger partial charge in [-0.3, -0.25) is 0 Å². The second-order valence-corrected chi connectivity index (χ2v) is 5.58. The van der Waals surface area contributed by atoms with Crippen molar-refractivity contribution in [2.45, 2.75) is 19.1 Å². The zero-order valence-corrected chi connectivity index (χ0v) is 13.8. The molecule has 2 aromatic carbocycles. The summed E-state index contributed by atoms with van der Waals surface area (Å²) in [7, 11) is 3.15. The van der Waals surface area contributed by atoms with Gasteiger partial charge in [0.05, 0.1) is 37.1 Å². The first-order valence-electron chi connectivity index (χ1n) is 7.65. The van der Waals surface area contributed by atoms with Crippen LogP contribution in [0.15, 0.2) is 42.7 Å². The Morgan fingerprint density at radius 2 is 1.76 bits per heavy atom. The van der Waals surface area contributed by atoms with Crippen LogP contribution in [0.4, 0.5) is 13.2 Å². The van der Waals surface area contributed by atoms with Crippen molar-refractivity contribution in [2.24, 2.45) is 0 Å². The average Bonchev–Trinajstić information content (AvgIpc) is 3.01.